The van der Waals surface area contributed by atoms with Gasteiger partial charge in [0, 0.05) is 18.7 Å². The number of aromatic nitrogens is 4. The number of nitrogen functional groups attached to an aromatic ring is 1. The van der Waals surface area contributed by atoms with Gasteiger partial charge in [0.2, 0.25) is 0 Å². The summed E-state index contributed by atoms with van der Waals surface area (Å²) in [5, 5.41) is 12.9. The second kappa shape index (κ2) is 7.89. The van der Waals surface area contributed by atoms with E-state index in [0.717, 1.165) is 25.1 Å². The summed E-state index contributed by atoms with van der Waals surface area (Å²) in [6, 6.07) is 6.42. The number of likely N-dealkylation sites (N-methyl/N-ethyl adjacent to an activating group) is 1. The molecule has 148 valence electrons. The highest BCUT2D eigenvalue weighted by atomic mass is 16.5. The number of nitrogens with two attached hydrogens (primary N) is 1. The van der Waals surface area contributed by atoms with Crippen molar-refractivity contribution in [2.75, 3.05) is 19.3 Å². The van der Waals surface area contributed by atoms with Crippen molar-refractivity contribution in [2.24, 2.45) is 0 Å². The third kappa shape index (κ3) is 4.05. The van der Waals surface area contributed by atoms with Gasteiger partial charge >= 0.3 is 0 Å². The second-order valence-electron chi connectivity index (χ2n) is 7.31. The summed E-state index contributed by atoms with van der Waals surface area (Å²) in [4.78, 5) is 11.2. The predicted molar refractivity (Wildman–Crippen MR) is 109 cm³/mol. The summed E-state index contributed by atoms with van der Waals surface area (Å²) in [5.74, 6) is 0.965. The zero-order chi connectivity index (χ0) is 20.4. The highest BCUT2D eigenvalue weighted by molar-refractivity contribution is 5.64. The molecule has 0 atom stereocenters. The largest absolute Gasteiger partial charge is 0.433 e. The van der Waals surface area contributed by atoms with E-state index in [0.29, 0.717) is 24.4 Å². The van der Waals surface area contributed by atoms with E-state index in [4.69, 9.17) is 15.7 Å². The molecule has 1 aliphatic rings. The van der Waals surface area contributed by atoms with Crippen LogP contribution < -0.4 is 10.5 Å². The number of nitriles is 1. The van der Waals surface area contributed by atoms with E-state index >= 15 is 0 Å². The molecule has 2 aromatic heterocycles. The average molecular weight is 389 g/mol. The van der Waals surface area contributed by atoms with E-state index in [1.165, 1.54) is 16.7 Å². The van der Waals surface area contributed by atoms with E-state index in [1.807, 2.05) is 0 Å². The Morgan fingerprint density at radius 1 is 1.31 bits per heavy atom. The Bertz CT molecular complexity index is 1080. The number of anilines is 1. The Kier molecular flexibility index (Phi) is 5.14. The SMILES string of the molecule is Cc1cc(-c2cnc(N)c(Oc3cnn(CCC#N)c3)n2)cc2c1CCN(C)C2. The lowest BCUT2D eigenvalue weighted by molar-refractivity contribution is 0.312. The third-order valence-corrected chi connectivity index (χ3v) is 5.09. The molecule has 0 amide bonds. The average Bonchev–Trinajstić information content (AvgIpc) is 3.15. The molecule has 29 heavy (non-hydrogen) atoms. The lowest BCUT2D eigenvalue weighted by Crippen LogP contribution is -2.27. The molecule has 4 rings (SSSR count). The summed E-state index contributed by atoms with van der Waals surface area (Å²) in [6.45, 7) is 4.65. The van der Waals surface area contributed by atoms with Gasteiger partial charge < -0.3 is 15.4 Å². The number of hydrogen-bond donors (Lipinski definition) is 1. The molecule has 0 saturated heterocycles. The maximum Gasteiger partial charge on any atom is 0.263 e. The first-order valence-electron chi connectivity index (χ1n) is 9.54. The van der Waals surface area contributed by atoms with Crippen molar-refractivity contribution in [2.45, 2.75) is 32.9 Å². The first-order chi connectivity index (χ1) is 14.0. The van der Waals surface area contributed by atoms with Crippen LogP contribution in [0.1, 0.15) is 23.1 Å². The van der Waals surface area contributed by atoms with Gasteiger partial charge in [-0.2, -0.15) is 10.4 Å². The van der Waals surface area contributed by atoms with Crippen molar-refractivity contribution in [3.63, 3.8) is 0 Å². The van der Waals surface area contributed by atoms with Gasteiger partial charge in [0.1, 0.15) is 0 Å². The van der Waals surface area contributed by atoms with Gasteiger partial charge in [0.25, 0.3) is 5.88 Å². The molecule has 0 spiro atoms. The molecule has 0 bridgehead atoms. The molecule has 3 aromatic rings. The summed E-state index contributed by atoms with van der Waals surface area (Å²) in [5.41, 5.74) is 11.7. The van der Waals surface area contributed by atoms with E-state index in [2.05, 4.69) is 52.1 Å². The first kappa shape index (κ1) is 18.9. The molecule has 0 fully saturated rings. The van der Waals surface area contributed by atoms with E-state index in [1.54, 1.807) is 23.3 Å². The normalized spacial score (nSPS) is 13.7. The number of nitrogens with zero attached hydrogens (tertiary/aromatic N) is 6. The molecule has 0 saturated carbocycles. The molecule has 8 heteroatoms. The number of aryl methyl sites for hydroxylation is 2. The van der Waals surface area contributed by atoms with Crippen LogP contribution in [0.25, 0.3) is 11.3 Å². The maximum atomic E-state index is 8.69. The Balaban J connectivity index is 1.62. The minimum absolute atomic E-state index is 0.216. The Hall–Kier alpha value is -3.44. The molecule has 0 unspecified atom stereocenters. The van der Waals surface area contributed by atoms with Crippen LogP contribution in [0.2, 0.25) is 0 Å². The number of fused-ring (bicyclic) bond motifs is 1. The van der Waals surface area contributed by atoms with Crippen LogP contribution in [-0.2, 0) is 19.5 Å². The summed E-state index contributed by atoms with van der Waals surface area (Å²) in [6.07, 6.45) is 6.40. The molecule has 3 heterocycles. The van der Waals surface area contributed by atoms with Gasteiger partial charge in [-0.05, 0) is 49.2 Å². The zero-order valence-electron chi connectivity index (χ0n) is 16.6. The van der Waals surface area contributed by atoms with Gasteiger partial charge in [-0.1, -0.05) is 0 Å². The molecular weight excluding hydrogens is 366 g/mol. The van der Waals surface area contributed by atoms with Gasteiger partial charge in [-0.15, -0.1) is 0 Å². The van der Waals surface area contributed by atoms with Gasteiger partial charge in [-0.25, -0.2) is 9.97 Å². The third-order valence-electron chi connectivity index (χ3n) is 5.09. The van der Waals surface area contributed by atoms with Crippen molar-refractivity contribution in [3.05, 3.63) is 47.4 Å². The second-order valence-corrected chi connectivity index (χ2v) is 7.31. The maximum absolute atomic E-state index is 8.69. The van der Waals surface area contributed by atoms with Crippen molar-refractivity contribution >= 4 is 5.82 Å². The fourth-order valence-electron chi connectivity index (χ4n) is 3.60. The van der Waals surface area contributed by atoms with Crippen LogP contribution in [0, 0.1) is 18.3 Å². The fraction of sp³-hybridized carbons (Fsp3) is 0.333. The monoisotopic (exact) mass is 389 g/mol. The van der Waals surface area contributed by atoms with Gasteiger partial charge in [-0.3, -0.25) is 4.68 Å². The number of ether oxygens (including phenoxy) is 1. The highest BCUT2D eigenvalue weighted by Crippen LogP contribution is 2.31. The summed E-state index contributed by atoms with van der Waals surface area (Å²) < 4.78 is 7.47. The van der Waals surface area contributed by atoms with E-state index in [9.17, 15) is 0 Å². The number of hydrogen-bond acceptors (Lipinski definition) is 7. The van der Waals surface area contributed by atoms with Crippen molar-refractivity contribution in [1.82, 2.24) is 24.6 Å². The van der Waals surface area contributed by atoms with Crippen LogP contribution >= 0.6 is 0 Å². The quantitative estimate of drug-likeness (QED) is 0.715. The Labute approximate surface area is 169 Å². The standard InChI is InChI=1S/C21H23N7O/c1-14-8-15(9-16-12-27(2)7-4-18(14)16)19-11-24-20(23)21(26-19)29-17-10-25-28(13-17)6-3-5-22/h8-11,13H,3-4,6-7,12H2,1-2H3,(H2,23,24). The molecule has 0 aliphatic carbocycles. The van der Waals surface area contributed by atoms with Crippen LogP contribution in [-0.4, -0.2) is 38.2 Å². The van der Waals surface area contributed by atoms with Crippen LogP contribution in [0.5, 0.6) is 11.6 Å². The minimum Gasteiger partial charge on any atom is -0.433 e. The van der Waals surface area contributed by atoms with Crippen LogP contribution in [0.4, 0.5) is 5.82 Å². The molecule has 1 aliphatic heterocycles. The van der Waals surface area contributed by atoms with Gasteiger partial charge in [0.15, 0.2) is 11.6 Å². The van der Waals surface area contributed by atoms with Crippen LogP contribution in [0.3, 0.4) is 0 Å². The van der Waals surface area contributed by atoms with Crippen molar-refractivity contribution in [1.29, 1.82) is 5.26 Å². The predicted octanol–water partition coefficient (Wildman–Crippen LogP) is 2.92. The van der Waals surface area contributed by atoms with E-state index in [-0.39, 0.29) is 11.7 Å². The van der Waals surface area contributed by atoms with Gasteiger partial charge in [0.05, 0.1) is 43.3 Å². The lowest BCUT2D eigenvalue weighted by atomic mass is 9.92. The molecule has 1 aromatic carbocycles. The van der Waals surface area contributed by atoms with Crippen molar-refractivity contribution < 1.29 is 4.74 Å². The summed E-state index contributed by atoms with van der Waals surface area (Å²) >= 11 is 0. The molecule has 8 nitrogen and oxygen atoms in total. The topological polar surface area (TPSA) is 106 Å². The van der Waals surface area contributed by atoms with Crippen molar-refractivity contribution in [3.8, 4) is 29.0 Å². The Morgan fingerprint density at radius 2 is 2.17 bits per heavy atom. The molecular formula is C21H23N7O. The van der Waals surface area contributed by atoms with E-state index < -0.39 is 0 Å². The number of benzene rings is 1. The Morgan fingerprint density at radius 3 is 3.00 bits per heavy atom. The smallest absolute Gasteiger partial charge is 0.263 e. The molecule has 2 N–H and O–H groups in total. The lowest BCUT2D eigenvalue weighted by Gasteiger charge is -2.27. The number of rotatable bonds is 5. The minimum atomic E-state index is 0.216. The molecule has 0 radical (unpaired) electrons. The first-order valence-corrected chi connectivity index (χ1v) is 9.54. The summed E-state index contributed by atoms with van der Waals surface area (Å²) in [7, 11) is 2.14. The highest BCUT2D eigenvalue weighted by Gasteiger charge is 2.18. The van der Waals surface area contributed by atoms with Crippen LogP contribution in [0.15, 0.2) is 30.7 Å². The fourth-order valence-corrected chi connectivity index (χ4v) is 3.60. The zero-order valence-corrected chi connectivity index (χ0v) is 16.6.